The second-order valence-electron chi connectivity index (χ2n) is 12.3. The van der Waals surface area contributed by atoms with E-state index in [1.54, 1.807) is 55.4 Å². The zero-order valence-electron chi connectivity index (χ0n) is 26.8. The number of carbonyl (C=O) groups is 4. The normalized spacial score (nSPS) is 26.9. The number of nitrogens with zero attached hydrogens (tertiary/aromatic N) is 2. The Morgan fingerprint density at radius 2 is 1.93 bits per heavy atom. The van der Waals surface area contributed by atoms with E-state index in [1.807, 2.05) is 13.8 Å². The number of allylic oxidation sites excluding steroid dienone is 1. The number of hydrogen-bond donors (Lipinski definition) is 2. The number of amides is 3. The van der Waals surface area contributed by atoms with Gasteiger partial charge >= 0.3 is 5.97 Å². The molecule has 45 heavy (non-hydrogen) atoms. The Labute approximate surface area is 265 Å². The Kier molecular flexibility index (Phi) is 11.1. The van der Waals surface area contributed by atoms with Crippen LogP contribution in [0.15, 0.2) is 49.6 Å². The predicted octanol–water partition coefficient (Wildman–Crippen LogP) is 3.01. The Balaban J connectivity index is 1.67. The molecule has 8 atom stereocenters. The molecular weight excluding hydrogens is 578 g/mol. The summed E-state index contributed by atoms with van der Waals surface area (Å²) in [7, 11) is 1.56. The maximum absolute atomic E-state index is 14.7. The van der Waals surface area contributed by atoms with Gasteiger partial charge in [0.25, 0.3) is 5.91 Å². The highest BCUT2D eigenvalue weighted by Gasteiger charge is 2.76. The highest BCUT2D eigenvalue weighted by atomic mass is 16.6. The molecule has 3 saturated heterocycles. The molecule has 3 amide bonds. The number of benzene rings is 1. The zero-order chi connectivity index (χ0) is 32.9. The summed E-state index contributed by atoms with van der Waals surface area (Å²) < 4.78 is 17.6. The molecule has 11 heteroatoms. The molecule has 3 fully saturated rings. The standard InChI is InChI=1S/C34H47N3O8/c1-7-10-11-27(39)35-19-22(5)44-33(42)28-26-16-17-34(45-26)29(28)31(40)37(25(20-38)21(4)9-3)30(34)32(41)36(18-8-2)23-12-14-24(43-6)15-13-23/h7-8,12-15,21-22,25-26,28-30,38H,1-2,9-11,16-20H2,3-6H3,(H,35,39)/t21-,22-,25-,26-,28+,29+,30-,34+/m0/s1. The molecule has 3 heterocycles. The fraction of sp³-hybridized carbons (Fsp3) is 0.588. The number of carbonyl (C=O) groups excluding carboxylic acids is 4. The summed E-state index contributed by atoms with van der Waals surface area (Å²) in [5.74, 6) is -2.92. The van der Waals surface area contributed by atoms with Gasteiger partial charge in [-0.15, -0.1) is 13.2 Å². The summed E-state index contributed by atoms with van der Waals surface area (Å²) in [5, 5.41) is 13.3. The smallest absolute Gasteiger partial charge is 0.312 e. The maximum atomic E-state index is 14.7. The van der Waals surface area contributed by atoms with Crippen molar-refractivity contribution in [3.8, 4) is 5.75 Å². The minimum atomic E-state index is -1.27. The van der Waals surface area contributed by atoms with Crippen LogP contribution in [0.3, 0.4) is 0 Å². The van der Waals surface area contributed by atoms with Crippen molar-refractivity contribution in [2.24, 2.45) is 17.8 Å². The van der Waals surface area contributed by atoms with Gasteiger partial charge < -0.3 is 34.4 Å². The van der Waals surface area contributed by atoms with Gasteiger partial charge in [-0.25, -0.2) is 0 Å². The van der Waals surface area contributed by atoms with Gasteiger partial charge in [-0.3, -0.25) is 19.2 Å². The Morgan fingerprint density at radius 3 is 2.53 bits per heavy atom. The van der Waals surface area contributed by atoms with Crippen LogP contribution in [-0.4, -0.2) is 90.4 Å². The van der Waals surface area contributed by atoms with Crippen molar-refractivity contribution >= 4 is 29.4 Å². The van der Waals surface area contributed by atoms with Gasteiger partial charge in [-0.1, -0.05) is 32.4 Å². The summed E-state index contributed by atoms with van der Waals surface area (Å²) in [4.78, 5) is 58.0. The number of anilines is 1. The minimum absolute atomic E-state index is 0.121. The summed E-state index contributed by atoms with van der Waals surface area (Å²) in [6.45, 7) is 13.0. The third-order valence-electron chi connectivity index (χ3n) is 9.53. The number of fused-ring (bicyclic) bond motifs is 1. The molecule has 4 rings (SSSR count). The van der Waals surface area contributed by atoms with Crippen molar-refractivity contribution < 1.29 is 38.5 Å². The van der Waals surface area contributed by atoms with E-state index >= 15 is 0 Å². The molecular formula is C34H47N3O8. The van der Waals surface area contributed by atoms with Crippen LogP contribution in [0.1, 0.15) is 52.9 Å². The summed E-state index contributed by atoms with van der Waals surface area (Å²) in [5.41, 5.74) is -0.679. The first kappa shape index (κ1) is 34.2. The fourth-order valence-corrected chi connectivity index (χ4v) is 7.07. The van der Waals surface area contributed by atoms with Crippen molar-refractivity contribution in [1.82, 2.24) is 10.2 Å². The summed E-state index contributed by atoms with van der Waals surface area (Å²) >= 11 is 0. The van der Waals surface area contributed by atoms with Crippen molar-refractivity contribution in [1.29, 1.82) is 0 Å². The number of esters is 1. The van der Waals surface area contributed by atoms with E-state index in [2.05, 4.69) is 18.5 Å². The molecule has 1 aromatic rings. The predicted molar refractivity (Wildman–Crippen MR) is 168 cm³/mol. The van der Waals surface area contributed by atoms with Gasteiger partial charge in [-0.05, 0) is 56.4 Å². The first-order chi connectivity index (χ1) is 21.6. The number of ether oxygens (including phenoxy) is 3. The zero-order valence-corrected chi connectivity index (χ0v) is 26.8. The van der Waals surface area contributed by atoms with Crippen molar-refractivity contribution in [3.05, 3.63) is 49.6 Å². The lowest BCUT2D eigenvalue weighted by Crippen LogP contribution is -2.60. The summed E-state index contributed by atoms with van der Waals surface area (Å²) in [6.07, 6.45) is 4.40. The molecule has 246 valence electrons. The molecule has 1 spiro atoms. The van der Waals surface area contributed by atoms with E-state index in [-0.39, 0.29) is 43.8 Å². The second kappa shape index (κ2) is 14.6. The number of hydrogen-bond acceptors (Lipinski definition) is 8. The van der Waals surface area contributed by atoms with E-state index in [9.17, 15) is 24.3 Å². The molecule has 1 aromatic carbocycles. The monoisotopic (exact) mass is 625 g/mol. The van der Waals surface area contributed by atoms with Crippen LogP contribution in [0.4, 0.5) is 5.69 Å². The van der Waals surface area contributed by atoms with Crippen LogP contribution >= 0.6 is 0 Å². The van der Waals surface area contributed by atoms with Crippen molar-refractivity contribution in [2.75, 3.05) is 31.7 Å². The molecule has 0 aliphatic carbocycles. The van der Waals surface area contributed by atoms with Crippen LogP contribution < -0.4 is 15.0 Å². The van der Waals surface area contributed by atoms with Gasteiger partial charge in [0.1, 0.15) is 23.5 Å². The van der Waals surface area contributed by atoms with Gasteiger partial charge in [0.05, 0.1) is 44.2 Å². The third-order valence-corrected chi connectivity index (χ3v) is 9.53. The summed E-state index contributed by atoms with van der Waals surface area (Å²) in [6, 6.07) is 5.28. The molecule has 0 aromatic heterocycles. The molecule has 3 aliphatic rings. The van der Waals surface area contributed by atoms with Gasteiger partial charge in [0.15, 0.2) is 0 Å². The van der Waals surface area contributed by atoms with Crippen LogP contribution in [0.5, 0.6) is 5.75 Å². The van der Waals surface area contributed by atoms with E-state index in [0.717, 1.165) is 0 Å². The Hall–Kier alpha value is -3.70. The van der Waals surface area contributed by atoms with Crippen LogP contribution in [0, 0.1) is 17.8 Å². The molecule has 0 saturated carbocycles. The lowest BCUT2D eigenvalue weighted by atomic mass is 9.70. The van der Waals surface area contributed by atoms with Crippen molar-refractivity contribution in [3.63, 3.8) is 0 Å². The van der Waals surface area contributed by atoms with E-state index in [1.165, 1.54) is 4.90 Å². The maximum Gasteiger partial charge on any atom is 0.312 e. The molecule has 2 N–H and O–H groups in total. The largest absolute Gasteiger partial charge is 0.497 e. The first-order valence-corrected chi connectivity index (χ1v) is 15.8. The molecule has 11 nitrogen and oxygen atoms in total. The quantitative estimate of drug-likeness (QED) is 0.212. The highest BCUT2D eigenvalue weighted by molar-refractivity contribution is 6.05. The van der Waals surface area contributed by atoms with Gasteiger partial charge in [0.2, 0.25) is 11.8 Å². The molecule has 0 unspecified atom stereocenters. The van der Waals surface area contributed by atoms with Crippen LogP contribution in [0.2, 0.25) is 0 Å². The Morgan fingerprint density at radius 1 is 1.22 bits per heavy atom. The third kappa shape index (κ3) is 6.51. The topological polar surface area (TPSA) is 135 Å². The van der Waals surface area contributed by atoms with E-state index in [4.69, 9.17) is 14.2 Å². The first-order valence-electron chi connectivity index (χ1n) is 15.8. The second-order valence-corrected chi connectivity index (χ2v) is 12.3. The van der Waals surface area contributed by atoms with E-state index < -0.39 is 53.6 Å². The number of aliphatic hydroxyl groups is 1. The minimum Gasteiger partial charge on any atom is -0.497 e. The van der Waals surface area contributed by atoms with Crippen LogP contribution in [-0.2, 0) is 28.7 Å². The van der Waals surface area contributed by atoms with Crippen LogP contribution in [0.25, 0.3) is 0 Å². The number of likely N-dealkylation sites (tertiary alicyclic amines) is 1. The molecule has 2 bridgehead atoms. The average Bonchev–Trinajstić information content (AvgIpc) is 3.69. The van der Waals surface area contributed by atoms with E-state index in [0.29, 0.717) is 37.1 Å². The average molecular weight is 626 g/mol. The fourth-order valence-electron chi connectivity index (χ4n) is 7.07. The lowest BCUT2D eigenvalue weighted by molar-refractivity contribution is -0.160. The lowest BCUT2D eigenvalue weighted by Gasteiger charge is -2.40. The van der Waals surface area contributed by atoms with Gasteiger partial charge in [0, 0.05) is 18.7 Å². The van der Waals surface area contributed by atoms with Gasteiger partial charge in [-0.2, -0.15) is 0 Å². The number of nitrogens with one attached hydrogen (secondary N) is 1. The molecule has 0 radical (unpaired) electrons. The molecule has 3 aliphatic heterocycles. The SMILES string of the molecule is C=CCCC(=O)NC[C@H](C)OC(=O)[C@@H]1[C@@H]2CC[C@]3(O2)[C@H](C(=O)N(CC=C)c2ccc(OC)cc2)N([C@@H](CO)[C@@H](C)CC)C(=O)[C@@H]13. The number of rotatable bonds is 16. The highest BCUT2D eigenvalue weighted by Crippen LogP contribution is 2.59. The number of aliphatic hydroxyl groups excluding tert-OH is 1. The number of methoxy groups -OCH3 is 1. The van der Waals surface area contributed by atoms with Crippen molar-refractivity contribution in [2.45, 2.75) is 82.8 Å². The Bertz CT molecular complexity index is 1270.